The number of hydrogen-bond donors (Lipinski definition) is 0. The number of halogens is 1. The zero-order chi connectivity index (χ0) is 20.5. The first-order chi connectivity index (χ1) is 14.7. The SMILES string of the molecule is O=c1cc(-c2cc(/C=C/c3ccc(F)cc3)c3ccccc3n2)oc2ccccc12. The summed E-state index contributed by atoms with van der Waals surface area (Å²) in [6, 6.07) is 24.6. The van der Waals surface area contributed by atoms with Crippen molar-refractivity contribution < 1.29 is 8.81 Å². The van der Waals surface area contributed by atoms with Crippen molar-refractivity contribution in [2.75, 3.05) is 0 Å². The summed E-state index contributed by atoms with van der Waals surface area (Å²) in [6.07, 6.45) is 3.88. The first-order valence-corrected chi connectivity index (χ1v) is 9.54. The second-order valence-electron chi connectivity index (χ2n) is 6.97. The van der Waals surface area contributed by atoms with Crippen LogP contribution in [0.25, 0.3) is 45.5 Å². The molecular weight excluding hydrogens is 377 g/mol. The van der Waals surface area contributed by atoms with E-state index in [1.54, 1.807) is 24.3 Å². The molecule has 0 N–H and O–H groups in total. The number of nitrogens with zero attached hydrogens (tertiary/aromatic N) is 1. The fourth-order valence-corrected chi connectivity index (χ4v) is 3.46. The Morgan fingerprint density at radius 3 is 2.37 bits per heavy atom. The first-order valence-electron chi connectivity index (χ1n) is 9.54. The molecule has 0 saturated carbocycles. The minimum atomic E-state index is -0.268. The average molecular weight is 393 g/mol. The molecule has 4 heteroatoms. The Kier molecular flexibility index (Phi) is 4.45. The molecule has 0 aliphatic rings. The molecule has 0 aliphatic carbocycles. The van der Waals surface area contributed by atoms with Crippen LogP contribution in [0.2, 0.25) is 0 Å². The molecule has 0 amide bonds. The van der Waals surface area contributed by atoms with Crippen LogP contribution in [-0.4, -0.2) is 4.98 Å². The Morgan fingerprint density at radius 1 is 0.800 bits per heavy atom. The molecule has 5 rings (SSSR count). The van der Waals surface area contributed by atoms with Gasteiger partial charge in [-0.1, -0.05) is 54.6 Å². The molecular formula is C26H16FNO2. The molecule has 0 fully saturated rings. The van der Waals surface area contributed by atoms with Gasteiger partial charge in [0.1, 0.15) is 17.1 Å². The van der Waals surface area contributed by atoms with Crippen LogP contribution in [0.15, 0.2) is 94.1 Å². The first kappa shape index (κ1) is 18.0. The summed E-state index contributed by atoms with van der Waals surface area (Å²) in [5.41, 5.74) is 3.61. The van der Waals surface area contributed by atoms with E-state index in [1.165, 1.54) is 18.2 Å². The highest BCUT2D eigenvalue weighted by Crippen LogP contribution is 2.27. The second-order valence-corrected chi connectivity index (χ2v) is 6.97. The number of aromatic nitrogens is 1. The van der Waals surface area contributed by atoms with Crippen LogP contribution < -0.4 is 5.43 Å². The van der Waals surface area contributed by atoms with Crippen molar-refractivity contribution in [3.05, 3.63) is 112 Å². The van der Waals surface area contributed by atoms with Gasteiger partial charge < -0.3 is 4.42 Å². The Labute approximate surface area is 171 Å². The maximum Gasteiger partial charge on any atom is 0.193 e. The van der Waals surface area contributed by atoms with Crippen molar-refractivity contribution in [1.29, 1.82) is 0 Å². The predicted molar refractivity (Wildman–Crippen MR) is 119 cm³/mol. The zero-order valence-electron chi connectivity index (χ0n) is 15.9. The Bertz CT molecular complexity index is 1470. The maximum atomic E-state index is 13.2. The molecule has 0 spiro atoms. The van der Waals surface area contributed by atoms with Crippen molar-refractivity contribution in [3.63, 3.8) is 0 Å². The fraction of sp³-hybridized carbons (Fsp3) is 0. The lowest BCUT2D eigenvalue weighted by Gasteiger charge is -2.07. The number of para-hydroxylation sites is 2. The number of pyridine rings is 1. The van der Waals surface area contributed by atoms with Crippen molar-refractivity contribution in [2.24, 2.45) is 0 Å². The molecule has 3 nitrogen and oxygen atoms in total. The predicted octanol–water partition coefficient (Wildman–Crippen LogP) is 6.32. The Hall–Kier alpha value is -4.05. The smallest absolute Gasteiger partial charge is 0.193 e. The monoisotopic (exact) mass is 393 g/mol. The van der Waals surface area contributed by atoms with Gasteiger partial charge in [0.15, 0.2) is 11.2 Å². The second kappa shape index (κ2) is 7.41. The lowest BCUT2D eigenvalue weighted by atomic mass is 10.0. The third-order valence-corrected chi connectivity index (χ3v) is 4.96. The summed E-state index contributed by atoms with van der Waals surface area (Å²) in [5, 5.41) is 1.52. The van der Waals surface area contributed by atoms with E-state index in [2.05, 4.69) is 0 Å². The van der Waals surface area contributed by atoms with Crippen molar-refractivity contribution >= 4 is 34.0 Å². The normalized spacial score (nSPS) is 11.5. The van der Waals surface area contributed by atoms with E-state index in [4.69, 9.17) is 9.40 Å². The van der Waals surface area contributed by atoms with Gasteiger partial charge in [0.2, 0.25) is 0 Å². The molecule has 144 valence electrons. The minimum absolute atomic E-state index is 0.106. The summed E-state index contributed by atoms with van der Waals surface area (Å²) in [6.45, 7) is 0. The Morgan fingerprint density at radius 2 is 1.53 bits per heavy atom. The van der Waals surface area contributed by atoms with Crippen LogP contribution in [0, 0.1) is 5.82 Å². The fourth-order valence-electron chi connectivity index (χ4n) is 3.46. The molecule has 3 aromatic carbocycles. The lowest BCUT2D eigenvalue weighted by Crippen LogP contribution is -2.01. The van der Waals surface area contributed by atoms with Crippen LogP contribution in [0.3, 0.4) is 0 Å². The molecule has 0 saturated heterocycles. The zero-order valence-corrected chi connectivity index (χ0v) is 15.9. The standard InChI is InChI=1S/C26H16FNO2/c27-19-13-10-17(11-14-19)9-12-18-15-23(28-22-7-3-1-5-20(18)22)26-16-24(29)21-6-2-4-8-25(21)30-26/h1-16H/b12-9+. The third kappa shape index (κ3) is 3.40. The van der Waals surface area contributed by atoms with Gasteiger partial charge >= 0.3 is 0 Å². The highest BCUT2D eigenvalue weighted by molar-refractivity contribution is 5.92. The van der Waals surface area contributed by atoms with Crippen molar-refractivity contribution in [3.8, 4) is 11.5 Å². The number of rotatable bonds is 3. The van der Waals surface area contributed by atoms with E-state index in [1.807, 2.05) is 54.6 Å². The van der Waals surface area contributed by atoms with Crippen LogP contribution in [0.5, 0.6) is 0 Å². The summed E-state index contributed by atoms with van der Waals surface area (Å²) in [5.74, 6) is 0.149. The molecule has 2 heterocycles. The van der Waals surface area contributed by atoms with Gasteiger partial charge in [0.25, 0.3) is 0 Å². The summed E-state index contributed by atoms with van der Waals surface area (Å²) >= 11 is 0. The van der Waals surface area contributed by atoms with Gasteiger partial charge in [-0.2, -0.15) is 0 Å². The summed E-state index contributed by atoms with van der Waals surface area (Å²) in [4.78, 5) is 17.2. The summed E-state index contributed by atoms with van der Waals surface area (Å²) < 4.78 is 19.2. The third-order valence-electron chi connectivity index (χ3n) is 4.96. The van der Waals surface area contributed by atoms with E-state index >= 15 is 0 Å². The molecule has 5 aromatic rings. The molecule has 0 aliphatic heterocycles. The van der Waals surface area contributed by atoms with Crippen LogP contribution in [0.4, 0.5) is 4.39 Å². The highest BCUT2D eigenvalue weighted by Gasteiger charge is 2.11. The van der Waals surface area contributed by atoms with Crippen molar-refractivity contribution in [1.82, 2.24) is 4.98 Å². The molecule has 0 radical (unpaired) electrons. The van der Waals surface area contributed by atoms with Crippen LogP contribution in [0.1, 0.15) is 11.1 Å². The van der Waals surface area contributed by atoms with Gasteiger partial charge in [-0.15, -0.1) is 0 Å². The van der Waals surface area contributed by atoms with Gasteiger partial charge in [0.05, 0.1) is 10.9 Å². The maximum absolute atomic E-state index is 13.2. The topological polar surface area (TPSA) is 43.1 Å². The molecule has 0 bridgehead atoms. The van der Waals surface area contributed by atoms with E-state index in [0.29, 0.717) is 22.4 Å². The van der Waals surface area contributed by atoms with Crippen LogP contribution in [-0.2, 0) is 0 Å². The largest absolute Gasteiger partial charge is 0.454 e. The van der Waals surface area contributed by atoms with Gasteiger partial charge in [-0.3, -0.25) is 4.79 Å². The van der Waals surface area contributed by atoms with Gasteiger partial charge in [-0.05, 0) is 47.5 Å². The molecule has 30 heavy (non-hydrogen) atoms. The van der Waals surface area contributed by atoms with E-state index in [0.717, 1.165) is 22.0 Å². The minimum Gasteiger partial charge on any atom is -0.454 e. The quantitative estimate of drug-likeness (QED) is 0.360. The molecule has 0 atom stereocenters. The highest BCUT2D eigenvalue weighted by atomic mass is 19.1. The number of benzene rings is 3. The van der Waals surface area contributed by atoms with E-state index in [-0.39, 0.29) is 11.2 Å². The van der Waals surface area contributed by atoms with Crippen molar-refractivity contribution in [2.45, 2.75) is 0 Å². The average Bonchev–Trinajstić information content (AvgIpc) is 2.78. The van der Waals surface area contributed by atoms with E-state index < -0.39 is 0 Å². The van der Waals surface area contributed by atoms with Gasteiger partial charge in [0, 0.05) is 11.5 Å². The number of fused-ring (bicyclic) bond motifs is 2. The molecule has 2 aromatic heterocycles. The lowest BCUT2D eigenvalue weighted by molar-refractivity contribution is 0.616. The Balaban J connectivity index is 1.67. The molecule has 0 unspecified atom stereocenters. The number of hydrogen-bond acceptors (Lipinski definition) is 3. The van der Waals surface area contributed by atoms with E-state index in [9.17, 15) is 9.18 Å². The van der Waals surface area contributed by atoms with Crippen LogP contribution >= 0.6 is 0 Å². The van der Waals surface area contributed by atoms with Gasteiger partial charge in [-0.25, -0.2) is 9.37 Å². The summed E-state index contributed by atoms with van der Waals surface area (Å²) in [7, 11) is 0.